The maximum atomic E-state index is 10.9. The van der Waals surface area contributed by atoms with Gasteiger partial charge in [0, 0.05) is 5.69 Å². The van der Waals surface area contributed by atoms with Gasteiger partial charge in [-0.1, -0.05) is 60.7 Å². The molecule has 0 unspecified atom stereocenters. The van der Waals surface area contributed by atoms with Gasteiger partial charge in [0.05, 0.1) is 13.2 Å². The molecule has 0 saturated heterocycles. The molecule has 3 aromatic carbocycles. The van der Waals surface area contributed by atoms with Crippen LogP contribution < -0.4 is 10.1 Å². The number of aliphatic hydroxyl groups excluding tert-OH is 1. The molecule has 0 fully saturated rings. The highest BCUT2D eigenvalue weighted by Crippen LogP contribution is 2.32. The van der Waals surface area contributed by atoms with Gasteiger partial charge in [-0.05, 0) is 35.4 Å². The first-order valence-corrected chi connectivity index (χ1v) is 7.96. The highest BCUT2D eigenvalue weighted by Gasteiger charge is 2.22. The van der Waals surface area contributed by atoms with Gasteiger partial charge in [-0.25, -0.2) is 0 Å². The van der Waals surface area contributed by atoms with Crippen molar-refractivity contribution >= 4 is 5.69 Å². The van der Waals surface area contributed by atoms with Gasteiger partial charge >= 0.3 is 0 Å². The minimum Gasteiger partial charge on any atom is -0.497 e. The van der Waals surface area contributed by atoms with Gasteiger partial charge in [0.25, 0.3) is 0 Å². The van der Waals surface area contributed by atoms with Crippen LogP contribution in [0.2, 0.25) is 0 Å². The molecular formula is C21H21NO2. The van der Waals surface area contributed by atoms with Crippen molar-refractivity contribution in [1.82, 2.24) is 0 Å². The van der Waals surface area contributed by atoms with Gasteiger partial charge in [0.1, 0.15) is 11.9 Å². The average molecular weight is 319 g/mol. The summed E-state index contributed by atoms with van der Waals surface area (Å²) in [5, 5.41) is 14.3. The van der Waals surface area contributed by atoms with E-state index in [4.69, 9.17) is 4.74 Å². The summed E-state index contributed by atoms with van der Waals surface area (Å²) in [6.45, 7) is 0. The van der Waals surface area contributed by atoms with E-state index in [1.54, 1.807) is 7.11 Å². The van der Waals surface area contributed by atoms with Crippen LogP contribution in [-0.2, 0) is 0 Å². The van der Waals surface area contributed by atoms with E-state index in [2.05, 4.69) is 5.32 Å². The van der Waals surface area contributed by atoms with Gasteiger partial charge in [-0.3, -0.25) is 0 Å². The van der Waals surface area contributed by atoms with E-state index in [1.807, 2.05) is 84.9 Å². The van der Waals surface area contributed by atoms with E-state index < -0.39 is 6.10 Å². The summed E-state index contributed by atoms with van der Waals surface area (Å²) < 4.78 is 5.20. The second-order valence-corrected chi connectivity index (χ2v) is 5.62. The predicted octanol–water partition coefficient (Wildman–Crippen LogP) is 4.58. The third-order valence-electron chi connectivity index (χ3n) is 4.03. The Morgan fingerprint density at radius 3 is 1.83 bits per heavy atom. The van der Waals surface area contributed by atoms with Gasteiger partial charge in [0.15, 0.2) is 0 Å². The summed E-state index contributed by atoms with van der Waals surface area (Å²) in [6, 6.07) is 27.1. The molecule has 0 saturated carbocycles. The van der Waals surface area contributed by atoms with Crippen LogP contribution in [0.1, 0.15) is 23.3 Å². The zero-order valence-electron chi connectivity index (χ0n) is 13.6. The van der Waals surface area contributed by atoms with Crippen molar-refractivity contribution in [3.05, 3.63) is 96.1 Å². The fraction of sp³-hybridized carbons (Fsp3) is 0.143. The van der Waals surface area contributed by atoms with Gasteiger partial charge in [-0.15, -0.1) is 0 Å². The van der Waals surface area contributed by atoms with Crippen molar-refractivity contribution in [1.29, 1.82) is 0 Å². The molecule has 2 atom stereocenters. The van der Waals surface area contributed by atoms with Crippen LogP contribution in [0.15, 0.2) is 84.9 Å². The molecular weight excluding hydrogens is 298 g/mol. The molecule has 3 nitrogen and oxygen atoms in total. The Bertz CT molecular complexity index is 742. The number of ether oxygens (including phenoxy) is 1. The number of benzene rings is 3. The zero-order valence-corrected chi connectivity index (χ0v) is 13.6. The molecule has 3 rings (SSSR count). The van der Waals surface area contributed by atoms with Crippen molar-refractivity contribution < 1.29 is 9.84 Å². The van der Waals surface area contributed by atoms with Crippen LogP contribution in [0.25, 0.3) is 0 Å². The maximum absolute atomic E-state index is 10.9. The zero-order chi connectivity index (χ0) is 16.8. The van der Waals surface area contributed by atoms with E-state index in [0.717, 1.165) is 22.6 Å². The fourth-order valence-corrected chi connectivity index (χ4v) is 2.71. The Labute approximate surface area is 142 Å². The van der Waals surface area contributed by atoms with E-state index >= 15 is 0 Å². The van der Waals surface area contributed by atoms with Crippen molar-refractivity contribution in [3.8, 4) is 5.75 Å². The van der Waals surface area contributed by atoms with Gasteiger partial charge in [-0.2, -0.15) is 0 Å². The van der Waals surface area contributed by atoms with Crippen molar-refractivity contribution in [3.63, 3.8) is 0 Å². The van der Waals surface area contributed by atoms with E-state index in [1.165, 1.54) is 0 Å². The minimum absolute atomic E-state index is 0.248. The molecule has 3 aromatic rings. The monoisotopic (exact) mass is 319 g/mol. The Hall–Kier alpha value is -2.78. The van der Waals surface area contributed by atoms with Gasteiger partial charge < -0.3 is 15.2 Å². The molecule has 0 bridgehead atoms. The summed E-state index contributed by atoms with van der Waals surface area (Å²) in [4.78, 5) is 0. The quantitative estimate of drug-likeness (QED) is 0.698. The van der Waals surface area contributed by atoms with Crippen molar-refractivity contribution in [2.45, 2.75) is 12.1 Å². The lowest BCUT2D eigenvalue weighted by atomic mass is 9.95. The minimum atomic E-state index is -0.657. The standard InChI is InChI=1S/C21H21NO2/c1-24-19-14-12-18(13-15-19)22-20(16-8-4-2-5-9-16)21(23)17-10-6-3-7-11-17/h2-15,20-23H,1H3/t20-,21+/m0/s1. The van der Waals surface area contributed by atoms with Crippen molar-refractivity contribution in [2.24, 2.45) is 0 Å². The Kier molecular flexibility index (Phi) is 5.14. The van der Waals surface area contributed by atoms with Crippen LogP contribution in [0.3, 0.4) is 0 Å². The SMILES string of the molecule is COc1ccc(N[C@@H](c2ccccc2)[C@H](O)c2ccccc2)cc1. The predicted molar refractivity (Wildman–Crippen MR) is 97.2 cm³/mol. The molecule has 0 aromatic heterocycles. The number of nitrogens with one attached hydrogen (secondary N) is 1. The third-order valence-corrected chi connectivity index (χ3v) is 4.03. The first-order valence-electron chi connectivity index (χ1n) is 7.96. The van der Waals surface area contributed by atoms with Crippen molar-refractivity contribution in [2.75, 3.05) is 12.4 Å². The Morgan fingerprint density at radius 2 is 1.29 bits per heavy atom. The summed E-state index contributed by atoms with van der Waals surface area (Å²) in [5.41, 5.74) is 2.84. The molecule has 0 aliphatic heterocycles. The molecule has 2 N–H and O–H groups in total. The number of hydrogen-bond donors (Lipinski definition) is 2. The molecule has 0 aliphatic rings. The first kappa shape index (κ1) is 16.1. The number of anilines is 1. The molecule has 24 heavy (non-hydrogen) atoms. The summed E-state index contributed by atoms with van der Waals surface area (Å²) >= 11 is 0. The summed E-state index contributed by atoms with van der Waals surface area (Å²) in [5.74, 6) is 0.806. The Balaban J connectivity index is 1.90. The second-order valence-electron chi connectivity index (χ2n) is 5.62. The third kappa shape index (κ3) is 3.76. The van der Waals surface area contributed by atoms with Crippen LogP contribution >= 0.6 is 0 Å². The highest BCUT2D eigenvalue weighted by molar-refractivity contribution is 5.49. The van der Waals surface area contributed by atoms with Crippen LogP contribution in [0.4, 0.5) is 5.69 Å². The molecule has 0 amide bonds. The maximum Gasteiger partial charge on any atom is 0.119 e. The topological polar surface area (TPSA) is 41.5 Å². The summed E-state index contributed by atoms with van der Waals surface area (Å²) in [7, 11) is 1.65. The molecule has 0 heterocycles. The normalized spacial score (nSPS) is 13.1. The van der Waals surface area contributed by atoms with E-state index in [0.29, 0.717) is 0 Å². The highest BCUT2D eigenvalue weighted by atomic mass is 16.5. The lowest BCUT2D eigenvalue weighted by molar-refractivity contribution is 0.155. The lowest BCUT2D eigenvalue weighted by Crippen LogP contribution is -2.19. The molecule has 0 aliphatic carbocycles. The van der Waals surface area contributed by atoms with Gasteiger partial charge in [0.2, 0.25) is 0 Å². The lowest BCUT2D eigenvalue weighted by Gasteiger charge is -2.26. The number of aliphatic hydroxyl groups is 1. The summed E-state index contributed by atoms with van der Waals surface area (Å²) in [6.07, 6.45) is -0.657. The Morgan fingerprint density at radius 1 is 0.750 bits per heavy atom. The van der Waals surface area contributed by atoms with E-state index in [-0.39, 0.29) is 6.04 Å². The number of methoxy groups -OCH3 is 1. The first-order chi connectivity index (χ1) is 11.8. The van der Waals surface area contributed by atoms with Crippen LogP contribution in [0, 0.1) is 0 Å². The second kappa shape index (κ2) is 7.66. The smallest absolute Gasteiger partial charge is 0.119 e. The average Bonchev–Trinajstić information content (AvgIpc) is 2.67. The number of rotatable bonds is 6. The van der Waals surface area contributed by atoms with Crippen LogP contribution in [0.5, 0.6) is 5.75 Å². The molecule has 0 spiro atoms. The molecule has 3 heteroatoms. The fourth-order valence-electron chi connectivity index (χ4n) is 2.71. The van der Waals surface area contributed by atoms with Crippen LogP contribution in [-0.4, -0.2) is 12.2 Å². The molecule has 0 radical (unpaired) electrons. The largest absolute Gasteiger partial charge is 0.497 e. The number of hydrogen-bond acceptors (Lipinski definition) is 3. The molecule has 122 valence electrons. The van der Waals surface area contributed by atoms with E-state index in [9.17, 15) is 5.11 Å².